The lowest BCUT2D eigenvalue weighted by Crippen LogP contribution is -2.46. The van der Waals surface area contributed by atoms with E-state index in [4.69, 9.17) is 4.52 Å². The molecule has 1 saturated carbocycles. The highest BCUT2D eigenvalue weighted by Crippen LogP contribution is 2.42. The Bertz CT molecular complexity index is 672. The smallest absolute Gasteiger partial charge is 0.325 e. The van der Waals surface area contributed by atoms with Gasteiger partial charge in [-0.1, -0.05) is 5.16 Å². The summed E-state index contributed by atoms with van der Waals surface area (Å²) in [7, 11) is 2.01. The van der Waals surface area contributed by atoms with E-state index in [0.717, 1.165) is 32.5 Å². The first kappa shape index (κ1) is 15.5. The summed E-state index contributed by atoms with van der Waals surface area (Å²) in [5.74, 6) is 0.898. The molecule has 3 amide bonds. The van der Waals surface area contributed by atoms with Crippen LogP contribution in [0.5, 0.6) is 0 Å². The van der Waals surface area contributed by atoms with Gasteiger partial charge in [-0.25, -0.2) is 4.79 Å². The molecule has 130 valence electrons. The standard InChI is InChI=1S/C15H22N6O3/c1-15(9-3-4-9)13(22)21(14(23)18-15)8-11-17-12(19-24-11)10-7-16-5-6-20(10)2/h9-10,16H,3-8H2,1-2H3,(H,18,23). The zero-order chi connectivity index (χ0) is 16.9. The third kappa shape index (κ3) is 2.48. The molecule has 9 nitrogen and oxygen atoms in total. The summed E-state index contributed by atoms with van der Waals surface area (Å²) in [4.78, 5) is 32.5. The zero-order valence-electron chi connectivity index (χ0n) is 13.9. The maximum absolute atomic E-state index is 12.6. The molecule has 2 atom stereocenters. The molecule has 24 heavy (non-hydrogen) atoms. The molecule has 1 aromatic heterocycles. The fourth-order valence-corrected chi connectivity index (χ4v) is 3.49. The normalized spacial score (nSPS) is 31.6. The Labute approximate surface area is 139 Å². The van der Waals surface area contributed by atoms with Crippen LogP contribution in [-0.4, -0.2) is 64.1 Å². The van der Waals surface area contributed by atoms with Crippen LogP contribution in [0.25, 0.3) is 0 Å². The van der Waals surface area contributed by atoms with Gasteiger partial charge < -0.3 is 15.2 Å². The van der Waals surface area contributed by atoms with Gasteiger partial charge in [0.2, 0.25) is 5.89 Å². The Morgan fingerprint density at radius 2 is 2.17 bits per heavy atom. The number of nitrogens with zero attached hydrogens (tertiary/aromatic N) is 4. The van der Waals surface area contributed by atoms with Crippen LogP contribution in [0.3, 0.4) is 0 Å². The molecular weight excluding hydrogens is 312 g/mol. The van der Waals surface area contributed by atoms with E-state index in [-0.39, 0.29) is 36.3 Å². The summed E-state index contributed by atoms with van der Waals surface area (Å²) in [6.07, 6.45) is 1.95. The lowest BCUT2D eigenvalue weighted by Gasteiger charge is -2.30. The van der Waals surface area contributed by atoms with Gasteiger partial charge in [0.1, 0.15) is 12.1 Å². The van der Waals surface area contributed by atoms with Crippen molar-refractivity contribution in [3.63, 3.8) is 0 Å². The number of carbonyl (C=O) groups excluding carboxylic acids is 2. The monoisotopic (exact) mass is 334 g/mol. The van der Waals surface area contributed by atoms with Crippen molar-refractivity contribution in [1.29, 1.82) is 0 Å². The third-order valence-corrected chi connectivity index (χ3v) is 5.28. The van der Waals surface area contributed by atoms with Crippen molar-refractivity contribution < 1.29 is 14.1 Å². The fraction of sp³-hybridized carbons (Fsp3) is 0.733. The number of aromatic nitrogens is 2. The molecule has 3 fully saturated rings. The Hall–Kier alpha value is -2.00. The number of piperazine rings is 1. The molecule has 3 aliphatic rings. The van der Waals surface area contributed by atoms with E-state index in [2.05, 4.69) is 25.7 Å². The molecule has 2 N–H and O–H groups in total. The van der Waals surface area contributed by atoms with Gasteiger partial charge in [0, 0.05) is 19.6 Å². The highest BCUT2D eigenvalue weighted by Gasteiger charge is 2.56. The molecule has 3 heterocycles. The molecule has 0 aromatic carbocycles. The molecule has 4 rings (SSSR count). The van der Waals surface area contributed by atoms with Crippen molar-refractivity contribution in [3.8, 4) is 0 Å². The number of rotatable bonds is 4. The largest absolute Gasteiger partial charge is 0.337 e. The topological polar surface area (TPSA) is 104 Å². The van der Waals surface area contributed by atoms with E-state index in [0.29, 0.717) is 5.82 Å². The maximum atomic E-state index is 12.6. The number of imide groups is 1. The molecule has 1 aromatic rings. The Balaban J connectivity index is 1.48. The average Bonchev–Trinajstić information content (AvgIpc) is 3.28. The predicted molar refractivity (Wildman–Crippen MR) is 82.7 cm³/mol. The van der Waals surface area contributed by atoms with Gasteiger partial charge in [-0.05, 0) is 32.7 Å². The van der Waals surface area contributed by atoms with Crippen LogP contribution in [0.1, 0.15) is 37.5 Å². The first-order valence-corrected chi connectivity index (χ1v) is 8.36. The van der Waals surface area contributed by atoms with Crippen molar-refractivity contribution >= 4 is 11.9 Å². The van der Waals surface area contributed by atoms with Crippen LogP contribution in [0.4, 0.5) is 4.79 Å². The second-order valence-electron chi connectivity index (χ2n) is 7.04. The number of amides is 3. The van der Waals surface area contributed by atoms with E-state index >= 15 is 0 Å². The van der Waals surface area contributed by atoms with Crippen molar-refractivity contribution in [1.82, 2.24) is 30.6 Å². The number of hydrogen-bond acceptors (Lipinski definition) is 7. The summed E-state index contributed by atoms with van der Waals surface area (Å²) in [5.41, 5.74) is -0.784. The minimum Gasteiger partial charge on any atom is -0.337 e. The second-order valence-corrected chi connectivity index (χ2v) is 7.04. The number of hydrogen-bond donors (Lipinski definition) is 2. The highest BCUT2D eigenvalue weighted by atomic mass is 16.5. The fourth-order valence-electron chi connectivity index (χ4n) is 3.49. The van der Waals surface area contributed by atoms with Gasteiger partial charge in [0.15, 0.2) is 5.82 Å². The molecule has 0 radical (unpaired) electrons. The van der Waals surface area contributed by atoms with Crippen LogP contribution in [0, 0.1) is 5.92 Å². The van der Waals surface area contributed by atoms with Gasteiger partial charge in [-0.15, -0.1) is 0 Å². The lowest BCUT2D eigenvalue weighted by molar-refractivity contribution is -0.132. The van der Waals surface area contributed by atoms with Crippen LogP contribution in [-0.2, 0) is 11.3 Å². The number of urea groups is 1. The lowest BCUT2D eigenvalue weighted by atomic mass is 9.96. The van der Waals surface area contributed by atoms with Crippen molar-refractivity contribution in [2.24, 2.45) is 5.92 Å². The minimum absolute atomic E-state index is 0.0177. The molecular formula is C15H22N6O3. The van der Waals surface area contributed by atoms with Gasteiger partial charge in [0.05, 0.1) is 6.04 Å². The summed E-state index contributed by atoms with van der Waals surface area (Å²) >= 11 is 0. The van der Waals surface area contributed by atoms with Gasteiger partial charge in [0.25, 0.3) is 5.91 Å². The molecule has 2 saturated heterocycles. The molecule has 1 aliphatic carbocycles. The van der Waals surface area contributed by atoms with Gasteiger partial charge >= 0.3 is 6.03 Å². The molecule has 0 spiro atoms. The molecule has 9 heteroatoms. The van der Waals surface area contributed by atoms with Crippen molar-refractivity contribution in [2.45, 2.75) is 37.9 Å². The summed E-state index contributed by atoms with van der Waals surface area (Å²) in [5, 5.41) is 10.1. The van der Waals surface area contributed by atoms with Crippen LogP contribution in [0.15, 0.2) is 4.52 Å². The first-order valence-electron chi connectivity index (χ1n) is 8.36. The summed E-state index contributed by atoms with van der Waals surface area (Å²) in [6.45, 7) is 4.40. The number of nitrogens with one attached hydrogen (secondary N) is 2. The molecule has 2 unspecified atom stereocenters. The van der Waals surface area contributed by atoms with Crippen molar-refractivity contribution in [3.05, 3.63) is 11.7 Å². The van der Waals surface area contributed by atoms with Crippen LogP contribution in [0.2, 0.25) is 0 Å². The SMILES string of the molecule is CN1CCNCC1c1noc(CN2C(=O)NC(C)(C3CC3)C2=O)n1. The van der Waals surface area contributed by atoms with Crippen molar-refractivity contribution in [2.75, 3.05) is 26.7 Å². The Kier molecular flexibility index (Phi) is 3.57. The quantitative estimate of drug-likeness (QED) is 0.739. The third-order valence-electron chi connectivity index (χ3n) is 5.28. The van der Waals surface area contributed by atoms with E-state index < -0.39 is 5.54 Å². The molecule has 0 bridgehead atoms. The van der Waals surface area contributed by atoms with Gasteiger partial charge in [-0.2, -0.15) is 4.98 Å². The zero-order valence-corrected chi connectivity index (χ0v) is 13.9. The van der Waals surface area contributed by atoms with E-state index in [1.807, 2.05) is 7.05 Å². The number of likely N-dealkylation sites (N-methyl/N-ethyl adjacent to an activating group) is 1. The van der Waals surface area contributed by atoms with Gasteiger partial charge in [-0.3, -0.25) is 14.6 Å². The average molecular weight is 334 g/mol. The maximum Gasteiger partial charge on any atom is 0.325 e. The van der Waals surface area contributed by atoms with E-state index in [1.54, 1.807) is 6.92 Å². The second kappa shape index (κ2) is 5.52. The highest BCUT2D eigenvalue weighted by molar-refractivity contribution is 6.07. The Morgan fingerprint density at radius 1 is 1.38 bits per heavy atom. The predicted octanol–water partition coefficient (Wildman–Crippen LogP) is -0.134. The Morgan fingerprint density at radius 3 is 2.88 bits per heavy atom. The first-order chi connectivity index (χ1) is 11.5. The van der Waals surface area contributed by atoms with E-state index in [9.17, 15) is 9.59 Å². The van der Waals surface area contributed by atoms with Crippen LogP contribution < -0.4 is 10.6 Å². The molecule has 2 aliphatic heterocycles. The minimum atomic E-state index is -0.784. The number of carbonyl (C=O) groups is 2. The van der Waals surface area contributed by atoms with Crippen LogP contribution >= 0.6 is 0 Å². The van der Waals surface area contributed by atoms with E-state index in [1.165, 1.54) is 4.90 Å². The summed E-state index contributed by atoms with van der Waals surface area (Å²) < 4.78 is 5.28. The summed E-state index contributed by atoms with van der Waals surface area (Å²) in [6, 6.07) is -0.346.